The van der Waals surface area contributed by atoms with Crippen LogP contribution in [0.3, 0.4) is 0 Å². The van der Waals surface area contributed by atoms with Gasteiger partial charge < -0.3 is 10.2 Å². The van der Waals surface area contributed by atoms with Gasteiger partial charge in [0.2, 0.25) is 0 Å². The van der Waals surface area contributed by atoms with Crippen molar-refractivity contribution in [3.8, 4) is 0 Å². The van der Waals surface area contributed by atoms with Crippen LogP contribution in [0, 0.1) is 6.92 Å². The SMILES string of the molecule is Cc1nn(C)cc1C(=O)N(C)C1CCCNC1. The number of carbonyl (C=O) groups is 1. The van der Waals surface area contributed by atoms with Crippen molar-refractivity contribution in [2.75, 3.05) is 20.1 Å². The van der Waals surface area contributed by atoms with Gasteiger partial charge in [-0.3, -0.25) is 9.48 Å². The van der Waals surface area contributed by atoms with Gasteiger partial charge in [-0.1, -0.05) is 0 Å². The van der Waals surface area contributed by atoms with Gasteiger partial charge in [0.15, 0.2) is 0 Å². The fraction of sp³-hybridized carbons (Fsp3) is 0.667. The van der Waals surface area contributed by atoms with Gasteiger partial charge >= 0.3 is 0 Å². The summed E-state index contributed by atoms with van der Waals surface area (Å²) in [5.41, 5.74) is 1.51. The van der Waals surface area contributed by atoms with E-state index in [9.17, 15) is 4.79 Å². The predicted molar refractivity (Wildman–Crippen MR) is 65.9 cm³/mol. The zero-order valence-corrected chi connectivity index (χ0v) is 10.7. The molecule has 0 aliphatic carbocycles. The Labute approximate surface area is 102 Å². The van der Waals surface area contributed by atoms with Crippen molar-refractivity contribution >= 4 is 5.91 Å². The van der Waals surface area contributed by atoms with Crippen molar-refractivity contribution in [3.63, 3.8) is 0 Å². The highest BCUT2D eigenvalue weighted by Gasteiger charge is 2.24. The highest BCUT2D eigenvalue weighted by molar-refractivity contribution is 5.95. The monoisotopic (exact) mass is 236 g/mol. The van der Waals surface area contributed by atoms with Gasteiger partial charge in [0.05, 0.1) is 11.3 Å². The molecule has 1 aromatic heterocycles. The van der Waals surface area contributed by atoms with Crippen LogP contribution in [0.1, 0.15) is 28.9 Å². The number of likely N-dealkylation sites (N-methyl/N-ethyl adjacent to an activating group) is 1. The first-order valence-corrected chi connectivity index (χ1v) is 6.07. The minimum atomic E-state index is 0.0734. The number of amides is 1. The lowest BCUT2D eigenvalue weighted by molar-refractivity contribution is 0.0707. The van der Waals surface area contributed by atoms with Crippen molar-refractivity contribution in [2.45, 2.75) is 25.8 Å². The molecule has 0 saturated carbocycles. The molecular weight excluding hydrogens is 216 g/mol. The van der Waals surface area contributed by atoms with E-state index in [4.69, 9.17) is 0 Å². The molecule has 1 unspecified atom stereocenters. The van der Waals surface area contributed by atoms with E-state index < -0.39 is 0 Å². The van der Waals surface area contributed by atoms with E-state index in [1.165, 1.54) is 0 Å². The summed E-state index contributed by atoms with van der Waals surface area (Å²) in [4.78, 5) is 14.2. The molecule has 1 aliphatic heterocycles. The minimum absolute atomic E-state index is 0.0734. The molecule has 1 atom stereocenters. The molecule has 1 amide bonds. The second kappa shape index (κ2) is 4.87. The standard InChI is InChI=1S/C12H20N4O/c1-9-11(8-15(2)14-9)12(17)16(3)10-5-4-6-13-7-10/h8,10,13H,4-7H2,1-3H3. The quantitative estimate of drug-likeness (QED) is 0.816. The largest absolute Gasteiger partial charge is 0.337 e. The third-order valence-corrected chi connectivity index (χ3v) is 3.38. The molecule has 1 fully saturated rings. The van der Waals surface area contributed by atoms with Crippen molar-refractivity contribution in [1.82, 2.24) is 20.0 Å². The smallest absolute Gasteiger partial charge is 0.257 e. The zero-order chi connectivity index (χ0) is 12.4. The van der Waals surface area contributed by atoms with E-state index in [1.54, 1.807) is 10.9 Å². The molecule has 94 valence electrons. The van der Waals surface area contributed by atoms with Gasteiger partial charge in [-0.05, 0) is 26.3 Å². The molecular formula is C12H20N4O. The normalized spacial score (nSPS) is 20.3. The van der Waals surface area contributed by atoms with Gasteiger partial charge in [0.25, 0.3) is 5.91 Å². The van der Waals surface area contributed by atoms with Crippen molar-refractivity contribution < 1.29 is 4.79 Å². The molecule has 2 heterocycles. The van der Waals surface area contributed by atoms with Crippen LogP contribution in [0.25, 0.3) is 0 Å². The van der Waals surface area contributed by atoms with E-state index in [2.05, 4.69) is 10.4 Å². The Morgan fingerprint density at radius 2 is 2.41 bits per heavy atom. The summed E-state index contributed by atoms with van der Waals surface area (Å²) >= 11 is 0. The number of hydrogen-bond donors (Lipinski definition) is 1. The molecule has 0 aromatic carbocycles. The molecule has 1 aliphatic rings. The van der Waals surface area contributed by atoms with Crippen LogP contribution in [-0.4, -0.2) is 46.8 Å². The molecule has 1 aromatic rings. The Morgan fingerprint density at radius 1 is 1.65 bits per heavy atom. The summed E-state index contributed by atoms with van der Waals surface area (Å²) < 4.78 is 1.69. The fourth-order valence-electron chi connectivity index (χ4n) is 2.33. The highest BCUT2D eigenvalue weighted by Crippen LogP contribution is 2.14. The average Bonchev–Trinajstić information content (AvgIpc) is 2.68. The second-order valence-corrected chi connectivity index (χ2v) is 4.72. The van der Waals surface area contributed by atoms with Gasteiger partial charge in [0.1, 0.15) is 0 Å². The number of carbonyl (C=O) groups excluding carboxylic acids is 1. The van der Waals surface area contributed by atoms with Gasteiger partial charge in [-0.25, -0.2) is 0 Å². The Hall–Kier alpha value is -1.36. The van der Waals surface area contributed by atoms with Gasteiger partial charge in [-0.2, -0.15) is 5.10 Å². The third kappa shape index (κ3) is 2.49. The first kappa shape index (κ1) is 12.1. The molecule has 1 saturated heterocycles. The highest BCUT2D eigenvalue weighted by atomic mass is 16.2. The van der Waals surface area contributed by atoms with Crippen LogP contribution < -0.4 is 5.32 Å². The lowest BCUT2D eigenvalue weighted by atomic mass is 10.1. The van der Waals surface area contributed by atoms with Crippen molar-refractivity contribution in [2.24, 2.45) is 7.05 Å². The summed E-state index contributed by atoms with van der Waals surface area (Å²) in [5, 5.41) is 7.54. The average molecular weight is 236 g/mol. The van der Waals surface area contributed by atoms with Crippen LogP contribution in [-0.2, 0) is 7.05 Å². The Kier molecular flexibility index (Phi) is 3.47. The van der Waals surface area contributed by atoms with E-state index in [1.807, 2.05) is 25.9 Å². The van der Waals surface area contributed by atoms with E-state index in [0.29, 0.717) is 11.6 Å². The van der Waals surface area contributed by atoms with Crippen LogP contribution in [0.15, 0.2) is 6.20 Å². The van der Waals surface area contributed by atoms with E-state index >= 15 is 0 Å². The number of nitrogens with zero attached hydrogens (tertiary/aromatic N) is 3. The topological polar surface area (TPSA) is 50.2 Å². The maximum Gasteiger partial charge on any atom is 0.257 e. The zero-order valence-electron chi connectivity index (χ0n) is 10.7. The lowest BCUT2D eigenvalue weighted by Gasteiger charge is -2.31. The van der Waals surface area contributed by atoms with Crippen molar-refractivity contribution in [1.29, 1.82) is 0 Å². The van der Waals surface area contributed by atoms with Crippen LogP contribution >= 0.6 is 0 Å². The first-order chi connectivity index (χ1) is 8.09. The number of nitrogens with one attached hydrogen (secondary N) is 1. The molecule has 0 bridgehead atoms. The third-order valence-electron chi connectivity index (χ3n) is 3.38. The number of aromatic nitrogens is 2. The van der Waals surface area contributed by atoms with E-state index in [-0.39, 0.29) is 5.91 Å². The Balaban J connectivity index is 2.11. The lowest BCUT2D eigenvalue weighted by Crippen LogP contribution is -2.46. The maximum absolute atomic E-state index is 12.3. The Morgan fingerprint density at radius 3 is 2.94 bits per heavy atom. The van der Waals surface area contributed by atoms with Crippen molar-refractivity contribution in [3.05, 3.63) is 17.5 Å². The fourth-order valence-corrected chi connectivity index (χ4v) is 2.33. The minimum Gasteiger partial charge on any atom is -0.337 e. The molecule has 0 spiro atoms. The van der Waals surface area contributed by atoms with Crippen LogP contribution in [0.2, 0.25) is 0 Å². The van der Waals surface area contributed by atoms with E-state index in [0.717, 1.165) is 31.6 Å². The molecule has 5 nitrogen and oxygen atoms in total. The maximum atomic E-state index is 12.3. The summed E-state index contributed by atoms with van der Waals surface area (Å²) in [6.07, 6.45) is 4.01. The molecule has 0 radical (unpaired) electrons. The van der Waals surface area contributed by atoms with Gasteiger partial charge in [-0.15, -0.1) is 0 Å². The molecule has 2 rings (SSSR count). The summed E-state index contributed by atoms with van der Waals surface area (Å²) in [5.74, 6) is 0.0734. The summed E-state index contributed by atoms with van der Waals surface area (Å²) in [6.45, 7) is 3.83. The van der Waals surface area contributed by atoms with Crippen LogP contribution in [0.4, 0.5) is 0 Å². The predicted octanol–water partition coefficient (Wildman–Crippen LogP) is 0.553. The summed E-state index contributed by atoms with van der Waals surface area (Å²) in [7, 11) is 3.72. The number of rotatable bonds is 2. The number of aryl methyl sites for hydroxylation is 2. The molecule has 17 heavy (non-hydrogen) atoms. The first-order valence-electron chi connectivity index (χ1n) is 6.07. The Bertz CT molecular complexity index is 407. The number of hydrogen-bond acceptors (Lipinski definition) is 3. The second-order valence-electron chi connectivity index (χ2n) is 4.72. The van der Waals surface area contributed by atoms with Gasteiger partial charge in [0, 0.05) is 32.9 Å². The van der Waals surface area contributed by atoms with Crippen LogP contribution in [0.5, 0.6) is 0 Å². The summed E-state index contributed by atoms with van der Waals surface area (Å²) in [6, 6.07) is 0.302. The molecule has 1 N–H and O–H groups in total. The number of piperidine rings is 1. The molecule has 5 heteroatoms.